The molecule has 0 saturated carbocycles. The molecule has 0 bridgehead atoms. The van der Waals surface area contributed by atoms with Gasteiger partial charge in [-0.25, -0.2) is 8.42 Å². The molecule has 1 aromatic heterocycles. The van der Waals surface area contributed by atoms with Gasteiger partial charge in [0, 0.05) is 31.0 Å². The molecule has 0 aliphatic carbocycles. The van der Waals surface area contributed by atoms with Crippen LogP contribution in [0.15, 0.2) is 30.3 Å². The van der Waals surface area contributed by atoms with E-state index in [4.69, 9.17) is 0 Å². The van der Waals surface area contributed by atoms with Gasteiger partial charge in [0.15, 0.2) is 15.7 Å². The molecule has 0 saturated heterocycles. The molecule has 1 N–H and O–H groups in total. The largest absolute Gasteiger partial charge is 0.357 e. The van der Waals surface area contributed by atoms with Gasteiger partial charge >= 0.3 is 0 Å². The summed E-state index contributed by atoms with van der Waals surface area (Å²) < 4.78 is 23.1. The maximum atomic E-state index is 11.6. The van der Waals surface area contributed by atoms with Crippen LogP contribution >= 0.6 is 0 Å². The van der Waals surface area contributed by atoms with Crippen molar-refractivity contribution in [2.24, 2.45) is 0 Å². The molecule has 2 rings (SSSR count). The van der Waals surface area contributed by atoms with E-state index in [1.54, 1.807) is 6.92 Å². The Morgan fingerprint density at radius 1 is 1.29 bits per heavy atom. The van der Waals surface area contributed by atoms with Crippen molar-refractivity contribution in [2.75, 3.05) is 30.0 Å². The number of H-pyrrole nitrogens is 1. The Bertz CT molecular complexity index is 707. The molecule has 0 spiro atoms. The quantitative estimate of drug-likeness (QED) is 0.889. The lowest BCUT2D eigenvalue weighted by Crippen LogP contribution is -2.26. The molecule has 2 aromatic rings. The number of aromatic amines is 1. The second-order valence-corrected chi connectivity index (χ2v) is 7.59. The predicted octanol–water partition coefficient (Wildman–Crippen LogP) is 2.26. The monoisotopic (exact) mass is 307 g/mol. The van der Waals surface area contributed by atoms with Crippen LogP contribution in [0.1, 0.15) is 12.5 Å². The maximum absolute atomic E-state index is 11.6. The van der Waals surface area contributed by atoms with Crippen molar-refractivity contribution >= 4 is 15.7 Å². The number of rotatable bonds is 6. The molecule has 1 heterocycles. The molecule has 21 heavy (non-hydrogen) atoms. The third kappa shape index (κ3) is 3.85. The number of benzene rings is 1. The summed E-state index contributed by atoms with van der Waals surface area (Å²) in [5.41, 5.74) is 3.21. The minimum Gasteiger partial charge on any atom is -0.357 e. The number of nitrogens with zero attached hydrogens (tertiary/aromatic N) is 2. The number of anilines is 1. The molecule has 114 valence electrons. The van der Waals surface area contributed by atoms with E-state index in [1.807, 2.05) is 49.2 Å². The van der Waals surface area contributed by atoms with Gasteiger partial charge in [0.2, 0.25) is 0 Å². The van der Waals surface area contributed by atoms with Crippen LogP contribution in [-0.4, -0.2) is 43.7 Å². The van der Waals surface area contributed by atoms with Gasteiger partial charge in [-0.2, -0.15) is 5.10 Å². The normalized spacial score (nSPS) is 11.6. The highest BCUT2D eigenvalue weighted by atomic mass is 32.2. The molecule has 0 unspecified atom stereocenters. The van der Waals surface area contributed by atoms with Crippen molar-refractivity contribution < 1.29 is 8.42 Å². The standard InChI is InChI=1S/C15H21N3O2S/c1-4-21(19,20)10-9-18(3)15-11-14(16-17-15)13-8-6-5-7-12(13)2/h5-8,11H,4,9-10H2,1-3H3,(H,16,17). The zero-order chi connectivity index (χ0) is 15.5. The number of aromatic nitrogens is 2. The van der Waals surface area contributed by atoms with Crippen molar-refractivity contribution in [2.45, 2.75) is 13.8 Å². The Labute approximate surface area is 125 Å². The minimum absolute atomic E-state index is 0.145. The van der Waals surface area contributed by atoms with Gasteiger partial charge in [0.05, 0.1) is 11.4 Å². The molecule has 0 atom stereocenters. The van der Waals surface area contributed by atoms with Gasteiger partial charge in [-0.1, -0.05) is 31.2 Å². The van der Waals surface area contributed by atoms with Gasteiger partial charge in [-0.15, -0.1) is 0 Å². The lowest BCUT2D eigenvalue weighted by atomic mass is 10.1. The van der Waals surface area contributed by atoms with Gasteiger partial charge in [0.25, 0.3) is 0 Å². The van der Waals surface area contributed by atoms with E-state index in [-0.39, 0.29) is 11.5 Å². The smallest absolute Gasteiger partial charge is 0.151 e. The van der Waals surface area contributed by atoms with Crippen molar-refractivity contribution in [1.82, 2.24) is 10.2 Å². The maximum Gasteiger partial charge on any atom is 0.151 e. The number of sulfone groups is 1. The summed E-state index contributed by atoms with van der Waals surface area (Å²) in [4.78, 5) is 1.85. The van der Waals surface area contributed by atoms with E-state index in [1.165, 1.54) is 5.56 Å². The van der Waals surface area contributed by atoms with Crippen LogP contribution < -0.4 is 4.90 Å². The molecule has 1 aromatic carbocycles. The highest BCUT2D eigenvalue weighted by molar-refractivity contribution is 7.91. The molecule has 5 nitrogen and oxygen atoms in total. The first-order valence-electron chi connectivity index (χ1n) is 6.96. The zero-order valence-corrected chi connectivity index (χ0v) is 13.4. The topological polar surface area (TPSA) is 66.1 Å². The lowest BCUT2D eigenvalue weighted by Gasteiger charge is -2.15. The highest BCUT2D eigenvalue weighted by Crippen LogP contribution is 2.24. The van der Waals surface area contributed by atoms with Crippen LogP contribution in [0.5, 0.6) is 0 Å². The van der Waals surface area contributed by atoms with Crippen molar-refractivity contribution in [3.63, 3.8) is 0 Å². The second-order valence-electron chi connectivity index (χ2n) is 5.11. The van der Waals surface area contributed by atoms with Crippen LogP contribution in [0, 0.1) is 6.92 Å². The fraction of sp³-hybridized carbons (Fsp3) is 0.400. The van der Waals surface area contributed by atoms with Crippen LogP contribution in [0.2, 0.25) is 0 Å². The summed E-state index contributed by atoms with van der Waals surface area (Å²) in [5.74, 6) is 1.07. The lowest BCUT2D eigenvalue weighted by molar-refractivity contribution is 0.596. The first-order chi connectivity index (χ1) is 9.93. The Morgan fingerprint density at radius 2 is 2.00 bits per heavy atom. The molecule has 0 aliphatic heterocycles. The van der Waals surface area contributed by atoms with E-state index in [9.17, 15) is 8.42 Å². The summed E-state index contributed by atoms with van der Waals surface area (Å²) in [6.07, 6.45) is 0. The summed E-state index contributed by atoms with van der Waals surface area (Å²) in [6.45, 7) is 4.15. The Hall–Kier alpha value is -1.82. The third-order valence-electron chi connectivity index (χ3n) is 3.57. The average molecular weight is 307 g/mol. The summed E-state index contributed by atoms with van der Waals surface area (Å²) in [6, 6.07) is 10.0. The first kappa shape index (κ1) is 15.6. The van der Waals surface area contributed by atoms with Crippen molar-refractivity contribution in [3.05, 3.63) is 35.9 Å². The minimum atomic E-state index is -2.95. The first-order valence-corrected chi connectivity index (χ1v) is 8.78. The van der Waals surface area contributed by atoms with Gasteiger partial charge in [0.1, 0.15) is 0 Å². The Balaban J connectivity index is 2.11. The van der Waals surface area contributed by atoms with E-state index in [0.717, 1.165) is 17.1 Å². The van der Waals surface area contributed by atoms with Crippen molar-refractivity contribution in [1.29, 1.82) is 0 Å². The number of hydrogen-bond acceptors (Lipinski definition) is 4. The van der Waals surface area contributed by atoms with Crippen LogP contribution in [0.4, 0.5) is 5.82 Å². The number of hydrogen-bond donors (Lipinski definition) is 1. The van der Waals surface area contributed by atoms with Gasteiger partial charge in [-0.05, 0) is 12.5 Å². The van der Waals surface area contributed by atoms with E-state index >= 15 is 0 Å². The summed E-state index contributed by atoms with van der Waals surface area (Å²) in [7, 11) is -1.10. The molecule has 0 fully saturated rings. The van der Waals surface area contributed by atoms with Crippen LogP contribution in [-0.2, 0) is 9.84 Å². The molecule has 0 amide bonds. The van der Waals surface area contributed by atoms with E-state index < -0.39 is 9.84 Å². The fourth-order valence-electron chi connectivity index (χ4n) is 2.05. The molecule has 0 aliphatic rings. The third-order valence-corrected chi connectivity index (χ3v) is 5.25. The zero-order valence-electron chi connectivity index (χ0n) is 12.6. The summed E-state index contributed by atoms with van der Waals surface area (Å²) in [5, 5.41) is 7.28. The van der Waals surface area contributed by atoms with Gasteiger partial charge < -0.3 is 4.90 Å². The second kappa shape index (κ2) is 6.30. The van der Waals surface area contributed by atoms with Gasteiger partial charge in [-0.3, -0.25) is 5.10 Å². The van der Waals surface area contributed by atoms with E-state index in [2.05, 4.69) is 10.2 Å². The highest BCUT2D eigenvalue weighted by Gasteiger charge is 2.12. The molecule has 6 heteroatoms. The molecular formula is C15H21N3O2S. The molecular weight excluding hydrogens is 286 g/mol. The number of nitrogens with one attached hydrogen (secondary N) is 1. The van der Waals surface area contributed by atoms with Crippen LogP contribution in [0.25, 0.3) is 11.3 Å². The summed E-state index contributed by atoms with van der Waals surface area (Å²) >= 11 is 0. The predicted molar refractivity (Wildman–Crippen MR) is 86.4 cm³/mol. The Kier molecular flexibility index (Phi) is 4.67. The van der Waals surface area contributed by atoms with Crippen molar-refractivity contribution in [3.8, 4) is 11.3 Å². The SMILES string of the molecule is CCS(=O)(=O)CCN(C)c1cc(-c2ccccc2C)[nH]n1. The molecule has 0 radical (unpaired) electrons. The van der Waals surface area contributed by atoms with E-state index in [0.29, 0.717) is 6.54 Å². The number of aryl methyl sites for hydroxylation is 1. The fourth-order valence-corrected chi connectivity index (χ4v) is 2.90. The van der Waals surface area contributed by atoms with Crippen LogP contribution in [0.3, 0.4) is 0 Å². The Morgan fingerprint density at radius 3 is 2.67 bits per heavy atom. The average Bonchev–Trinajstić information content (AvgIpc) is 2.95.